The first-order chi connectivity index (χ1) is 25.3. The molecule has 2 saturated heterocycles. The minimum Gasteiger partial charge on any atom is -0.493 e. The van der Waals surface area contributed by atoms with E-state index in [1.54, 1.807) is 40.6 Å². The van der Waals surface area contributed by atoms with E-state index in [-0.39, 0.29) is 17.5 Å². The molecule has 0 spiro atoms. The van der Waals surface area contributed by atoms with Gasteiger partial charge in [0, 0.05) is 86.3 Å². The van der Waals surface area contributed by atoms with Gasteiger partial charge in [-0.2, -0.15) is 0 Å². The van der Waals surface area contributed by atoms with Gasteiger partial charge in [0.2, 0.25) is 5.75 Å². The lowest BCUT2D eigenvalue weighted by molar-refractivity contribution is -0.00493. The SMILES string of the molecule is COc1cc2c(cc1OC(C)(C)CC(C)(C)N1CCN(C(=O)c3ccc(Oc4cc(OC)c(OC)c(OC)c4)c(C)c3)CC1)N=CC1CCCN1C2O. The van der Waals surface area contributed by atoms with Crippen LogP contribution in [0.1, 0.15) is 74.7 Å². The Morgan fingerprint density at radius 3 is 2.13 bits per heavy atom. The molecule has 2 fully saturated rings. The van der Waals surface area contributed by atoms with Crippen molar-refractivity contribution in [2.45, 2.75) is 77.3 Å². The van der Waals surface area contributed by atoms with E-state index in [2.05, 4.69) is 37.5 Å². The van der Waals surface area contributed by atoms with Crippen LogP contribution in [0.3, 0.4) is 0 Å². The largest absolute Gasteiger partial charge is 0.493 e. The van der Waals surface area contributed by atoms with Crippen LogP contribution in [0.4, 0.5) is 5.69 Å². The molecule has 3 heterocycles. The molecule has 286 valence electrons. The molecule has 0 radical (unpaired) electrons. The lowest BCUT2D eigenvalue weighted by Crippen LogP contribution is -2.57. The second-order valence-electron chi connectivity index (χ2n) is 15.2. The quantitative estimate of drug-likeness (QED) is 0.214. The minimum absolute atomic E-state index is 0.00272. The van der Waals surface area contributed by atoms with Crippen LogP contribution in [0.5, 0.6) is 40.2 Å². The Morgan fingerprint density at radius 1 is 0.830 bits per heavy atom. The summed E-state index contributed by atoms with van der Waals surface area (Å²) in [6.07, 6.45) is 3.96. The van der Waals surface area contributed by atoms with Crippen molar-refractivity contribution in [2.75, 3.05) is 61.2 Å². The van der Waals surface area contributed by atoms with Crippen molar-refractivity contribution in [3.05, 3.63) is 59.2 Å². The number of carbonyl (C=O) groups excluding carboxylic acids is 1. The molecule has 3 aliphatic heterocycles. The third-order valence-electron chi connectivity index (χ3n) is 10.6. The normalized spacial score (nSPS) is 19.2. The van der Waals surface area contributed by atoms with E-state index in [0.29, 0.717) is 64.6 Å². The number of aliphatic hydroxyl groups excluding tert-OH is 1. The van der Waals surface area contributed by atoms with Crippen LogP contribution in [0.25, 0.3) is 0 Å². The zero-order chi connectivity index (χ0) is 38.1. The van der Waals surface area contributed by atoms with Gasteiger partial charge in [-0.1, -0.05) is 0 Å². The van der Waals surface area contributed by atoms with E-state index in [1.807, 2.05) is 48.4 Å². The molecule has 2 atom stereocenters. The fourth-order valence-corrected chi connectivity index (χ4v) is 8.07. The average molecular weight is 731 g/mol. The predicted octanol–water partition coefficient (Wildman–Crippen LogP) is 6.78. The summed E-state index contributed by atoms with van der Waals surface area (Å²) in [5.41, 5.74) is 2.10. The molecule has 6 rings (SSSR count). The first-order valence-electron chi connectivity index (χ1n) is 18.3. The Morgan fingerprint density at radius 2 is 1.51 bits per heavy atom. The maximum atomic E-state index is 13.7. The summed E-state index contributed by atoms with van der Waals surface area (Å²) in [7, 11) is 6.30. The lowest BCUT2D eigenvalue weighted by atomic mass is 9.87. The number of fused-ring (bicyclic) bond motifs is 2. The molecule has 0 aliphatic carbocycles. The van der Waals surface area contributed by atoms with Crippen LogP contribution in [-0.4, -0.2) is 110 Å². The van der Waals surface area contributed by atoms with E-state index in [9.17, 15) is 9.90 Å². The van der Waals surface area contributed by atoms with Crippen molar-refractivity contribution >= 4 is 17.8 Å². The summed E-state index contributed by atoms with van der Waals surface area (Å²) >= 11 is 0. The lowest BCUT2D eigenvalue weighted by Gasteiger charge is -2.47. The Balaban J connectivity index is 1.07. The van der Waals surface area contributed by atoms with Gasteiger partial charge in [0.05, 0.1) is 34.1 Å². The summed E-state index contributed by atoms with van der Waals surface area (Å²) in [6.45, 7) is 14.1. The molecule has 0 saturated carbocycles. The van der Waals surface area contributed by atoms with E-state index in [1.165, 1.54) is 0 Å². The molecule has 53 heavy (non-hydrogen) atoms. The maximum absolute atomic E-state index is 13.7. The third-order valence-corrected chi connectivity index (χ3v) is 10.6. The molecule has 3 aliphatic rings. The van der Waals surface area contributed by atoms with Gasteiger partial charge in [0.25, 0.3) is 5.91 Å². The van der Waals surface area contributed by atoms with Gasteiger partial charge in [-0.15, -0.1) is 0 Å². The number of aliphatic hydroxyl groups is 1. The summed E-state index contributed by atoms with van der Waals surface area (Å²) in [5.74, 6) is 3.80. The number of benzene rings is 3. The smallest absolute Gasteiger partial charge is 0.253 e. The Labute approximate surface area is 313 Å². The molecule has 0 aromatic heterocycles. The molecule has 3 aromatic rings. The van der Waals surface area contributed by atoms with Crippen molar-refractivity contribution in [3.8, 4) is 40.2 Å². The van der Waals surface area contributed by atoms with E-state index in [0.717, 1.165) is 50.0 Å². The standard InChI is InChI=1S/C41H54N4O8/c1-26-19-27(12-13-32(26)52-29-20-35(49-7)37(51-9)36(21-29)50-8)38(46)43-15-17-44(18-16-43)40(2,3)25-41(4,5)53-34-23-31-30(22-33(34)48-6)39(47)45-14-10-11-28(45)24-42-31/h12-13,19-24,28,39,47H,10-11,14-18,25H2,1-9H3. The van der Waals surface area contributed by atoms with Crippen molar-refractivity contribution in [1.29, 1.82) is 0 Å². The second kappa shape index (κ2) is 15.5. The van der Waals surface area contributed by atoms with E-state index < -0.39 is 11.8 Å². The molecule has 0 bridgehead atoms. The fraction of sp³-hybridized carbons (Fsp3) is 0.512. The Hall–Kier alpha value is -4.52. The third kappa shape index (κ3) is 8.05. The molecule has 3 aromatic carbocycles. The molecule has 1 N–H and O–H groups in total. The monoisotopic (exact) mass is 730 g/mol. The topological polar surface area (TPSA) is 115 Å². The van der Waals surface area contributed by atoms with Crippen LogP contribution in [-0.2, 0) is 0 Å². The number of nitrogens with zero attached hydrogens (tertiary/aromatic N) is 4. The number of hydrogen-bond donors (Lipinski definition) is 1. The number of carbonyl (C=O) groups is 1. The minimum atomic E-state index is -0.738. The van der Waals surface area contributed by atoms with Crippen LogP contribution in [0.2, 0.25) is 0 Å². The van der Waals surface area contributed by atoms with E-state index in [4.69, 9.17) is 33.4 Å². The summed E-state index contributed by atoms with van der Waals surface area (Å²) in [4.78, 5) is 24.9. The molecular formula is C41H54N4O8. The number of ether oxygens (including phenoxy) is 6. The van der Waals surface area contributed by atoms with E-state index >= 15 is 0 Å². The zero-order valence-electron chi connectivity index (χ0n) is 32.5. The number of amides is 1. The van der Waals surface area contributed by atoms with Gasteiger partial charge in [0.15, 0.2) is 23.0 Å². The van der Waals surface area contributed by atoms with Gasteiger partial charge in [-0.05, 0) is 77.3 Å². The Kier molecular flexibility index (Phi) is 11.1. The number of hydrogen-bond acceptors (Lipinski definition) is 11. The van der Waals surface area contributed by atoms with Gasteiger partial charge in [-0.25, -0.2) is 0 Å². The highest BCUT2D eigenvalue weighted by molar-refractivity contribution is 5.94. The van der Waals surface area contributed by atoms with Crippen LogP contribution in [0, 0.1) is 6.92 Å². The number of aliphatic imine (C=N–C) groups is 1. The number of rotatable bonds is 12. The fourth-order valence-electron chi connectivity index (χ4n) is 8.07. The van der Waals surface area contributed by atoms with Crippen LogP contribution >= 0.6 is 0 Å². The second-order valence-corrected chi connectivity index (χ2v) is 15.2. The highest BCUT2D eigenvalue weighted by Crippen LogP contribution is 2.45. The van der Waals surface area contributed by atoms with Crippen molar-refractivity contribution in [3.63, 3.8) is 0 Å². The number of aryl methyl sites for hydroxylation is 1. The maximum Gasteiger partial charge on any atom is 0.253 e. The van der Waals surface area contributed by atoms with Crippen molar-refractivity contribution in [2.24, 2.45) is 4.99 Å². The summed E-state index contributed by atoms with van der Waals surface area (Å²) < 4.78 is 35.0. The van der Waals surface area contributed by atoms with Gasteiger partial charge < -0.3 is 38.4 Å². The number of methoxy groups -OCH3 is 4. The Bertz CT molecular complexity index is 1810. The van der Waals surface area contributed by atoms with Gasteiger partial charge >= 0.3 is 0 Å². The van der Waals surface area contributed by atoms with Gasteiger partial charge in [0.1, 0.15) is 23.3 Å². The first-order valence-corrected chi connectivity index (χ1v) is 18.3. The highest BCUT2D eigenvalue weighted by atomic mass is 16.5. The summed E-state index contributed by atoms with van der Waals surface area (Å²) in [5, 5.41) is 11.2. The van der Waals surface area contributed by atoms with Gasteiger partial charge in [-0.3, -0.25) is 19.6 Å². The molecule has 12 heteroatoms. The molecular weight excluding hydrogens is 676 g/mol. The number of piperazine rings is 1. The molecule has 12 nitrogen and oxygen atoms in total. The molecule has 2 unspecified atom stereocenters. The van der Waals surface area contributed by atoms with Crippen molar-refractivity contribution in [1.82, 2.24) is 14.7 Å². The zero-order valence-corrected chi connectivity index (χ0v) is 32.5. The molecule has 1 amide bonds. The predicted molar refractivity (Wildman–Crippen MR) is 204 cm³/mol. The summed E-state index contributed by atoms with van der Waals surface area (Å²) in [6, 6.07) is 12.9. The van der Waals surface area contributed by atoms with Crippen LogP contribution < -0.4 is 28.4 Å². The van der Waals surface area contributed by atoms with Crippen LogP contribution in [0.15, 0.2) is 47.5 Å². The highest BCUT2D eigenvalue weighted by Gasteiger charge is 2.39. The average Bonchev–Trinajstić information content (AvgIpc) is 3.57. The van der Waals surface area contributed by atoms with Crippen molar-refractivity contribution < 1.29 is 38.3 Å². The first kappa shape index (κ1) is 38.2.